The minimum Gasteiger partial charge on any atom is -0.444 e. The molecule has 158 valence electrons. The molecule has 30 heavy (non-hydrogen) atoms. The largest absolute Gasteiger partial charge is 0.444 e. The standard InChI is InChI=1S/C22H28N6O2/c1-14-11-25-20(27-18(14)17-12-24-19-16(17)8-5-9-23-19)26-15-7-6-10-28(13-15)21(29)30-22(2,3)4/h5,8-9,11-12,15H,6-7,10,13H2,1-4H3,(H,23,24)(H,25,26,27)/t15-/m0/s1. The second-order valence-electron chi connectivity index (χ2n) is 8.74. The van der Waals surface area contributed by atoms with Gasteiger partial charge in [-0.25, -0.2) is 19.7 Å². The Hall–Kier alpha value is -3.16. The highest BCUT2D eigenvalue weighted by molar-refractivity contribution is 5.93. The van der Waals surface area contributed by atoms with E-state index < -0.39 is 5.60 Å². The second kappa shape index (κ2) is 7.93. The first-order valence-corrected chi connectivity index (χ1v) is 10.3. The van der Waals surface area contributed by atoms with Crippen LogP contribution >= 0.6 is 0 Å². The third-order valence-electron chi connectivity index (χ3n) is 5.08. The Morgan fingerprint density at radius 3 is 2.97 bits per heavy atom. The van der Waals surface area contributed by atoms with E-state index in [0.717, 1.165) is 40.7 Å². The van der Waals surface area contributed by atoms with Gasteiger partial charge in [-0.1, -0.05) is 0 Å². The van der Waals surface area contributed by atoms with Gasteiger partial charge in [-0.15, -0.1) is 0 Å². The molecule has 1 aliphatic heterocycles. The van der Waals surface area contributed by atoms with Gasteiger partial charge in [0, 0.05) is 48.7 Å². The number of piperidine rings is 1. The van der Waals surface area contributed by atoms with E-state index in [1.807, 2.05) is 52.2 Å². The highest BCUT2D eigenvalue weighted by atomic mass is 16.6. The molecule has 4 rings (SSSR count). The average molecular weight is 409 g/mol. The van der Waals surface area contributed by atoms with Crippen LogP contribution in [-0.2, 0) is 4.74 Å². The Morgan fingerprint density at radius 2 is 2.17 bits per heavy atom. The molecule has 1 saturated heterocycles. The Bertz CT molecular complexity index is 1060. The molecule has 4 heterocycles. The first-order valence-electron chi connectivity index (χ1n) is 10.3. The zero-order valence-electron chi connectivity index (χ0n) is 17.9. The van der Waals surface area contributed by atoms with Crippen LogP contribution in [0.25, 0.3) is 22.3 Å². The van der Waals surface area contributed by atoms with E-state index in [0.29, 0.717) is 19.0 Å². The van der Waals surface area contributed by atoms with Crippen LogP contribution in [0, 0.1) is 6.92 Å². The number of amides is 1. The van der Waals surface area contributed by atoms with Crippen molar-refractivity contribution in [1.29, 1.82) is 0 Å². The number of ether oxygens (including phenoxy) is 1. The van der Waals surface area contributed by atoms with Crippen LogP contribution in [-0.4, -0.2) is 55.7 Å². The number of nitrogens with one attached hydrogen (secondary N) is 2. The summed E-state index contributed by atoms with van der Waals surface area (Å²) in [6.07, 6.45) is 7.11. The Labute approximate surface area is 176 Å². The number of aromatic nitrogens is 4. The molecule has 0 aliphatic carbocycles. The number of aryl methyl sites for hydroxylation is 1. The van der Waals surface area contributed by atoms with Crippen molar-refractivity contribution >= 4 is 23.1 Å². The molecule has 1 amide bonds. The van der Waals surface area contributed by atoms with Crippen LogP contribution in [0.1, 0.15) is 39.2 Å². The normalized spacial score (nSPS) is 17.2. The van der Waals surface area contributed by atoms with Crippen LogP contribution in [0.3, 0.4) is 0 Å². The van der Waals surface area contributed by atoms with Crippen LogP contribution < -0.4 is 5.32 Å². The van der Waals surface area contributed by atoms with Gasteiger partial charge in [0.05, 0.1) is 5.69 Å². The average Bonchev–Trinajstić information content (AvgIpc) is 3.12. The Morgan fingerprint density at radius 1 is 1.33 bits per heavy atom. The van der Waals surface area contributed by atoms with Gasteiger partial charge >= 0.3 is 6.09 Å². The Balaban J connectivity index is 1.51. The van der Waals surface area contributed by atoms with Gasteiger partial charge < -0.3 is 19.9 Å². The van der Waals surface area contributed by atoms with E-state index in [4.69, 9.17) is 9.72 Å². The monoisotopic (exact) mass is 408 g/mol. The van der Waals surface area contributed by atoms with Gasteiger partial charge in [-0.05, 0) is 58.2 Å². The summed E-state index contributed by atoms with van der Waals surface area (Å²) in [6, 6.07) is 4.03. The SMILES string of the molecule is Cc1cnc(N[C@H]2CCCN(C(=O)OC(C)(C)C)C2)nc1-c1c[nH]c2ncccc12. The lowest BCUT2D eigenvalue weighted by Gasteiger charge is -2.34. The fraction of sp³-hybridized carbons (Fsp3) is 0.455. The molecule has 0 unspecified atom stereocenters. The number of nitrogens with zero attached hydrogens (tertiary/aromatic N) is 4. The van der Waals surface area contributed by atoms with Crippen molar-refractivity contribution in [3.05, 3.63) is 36.3 Å². The minimum absolute atomic E-state index is 0.0754. The smallest absolute Gasteiger partial charge is 0.410 e. The summed E-state index contributed by atoms with van der Waals surface area (Å²) in [4.78, 5) is 31.0. The maximum Gasteiger partial charge on any atom is 0.410 e. The number of hydrogen-bond donors (Lipinski definition) is 2. The summed E-state index contributed by atoms with van der Waals surface area (Å²) >= 11 is 0. The van der Waals surface area contributed by atoms with Crippen LogP contribution in [0.2, 0.25) is 0 Å². The molecule has 0 bridgehead atoms. The molecule has 1 fully saturated rings. The molecule has 3 aromatic heterocycles. The van der Waals surface area contributed by atoms with Crippen molar-refractivity contribution in [2.75, 3.05) is 18.4 Å². The number of rotatable bonds is 3. The van der Waals surface area contributed by atoms with Crippen LogP contribution in [0.4, 0.5) is 10.7 Å². The molecular weight excluding hydrogens is 380 g/mol. The molecule has 1 atom stereocenters. The summed E-state index contributed by atoms with van der Waals surface area (Å²) in [5.41, 5.74) is 3.19. The molecule has 3 aromatic rings. The molecule has 8 nitrogen and oxygen atoms in total. The fourth-order valence-corrected chi connectivity index (χ4v) is 3.71. The predicted octanol–water partition coefficient (Wildman–Crippen LogP) is 4.14. The van der Waals surface area contributed by atoms with Gasteiger partial charge in [-0.2, -0.15) is 0 Å². The second-order valence-corrected chi connectivity index (χ2v) is 8.74. The zero-order valence-corrected chi connectivity index (χ0v) is 17.9. The number of aromatic amines is 1. The van der Waals surface area contributed by atoms with Crippen molar-refractivity contribution in [3.63, 3.8) is 0 Å². The van der Waals surface area contributed by atoms with E-state index in [1.54, 1.807) is 11.1 Å². The lowest BCUT2D eigenvalue weighted by molar-refractivity contribution is 0.0206. The van der Waals surface area contributed by atoms with Gasteiger partial charge in [0.1, 0.15) is 11.2 Å². The summed E-state index contributed by atoms with van der Waals surface area (Å²) in [6.45, 7) is 8.92. The lowest BCUT2D eigenvalue weighted by Crippen LogP contribution is -2.47. The number of carbonyl (C=O) groups is 1. The van der Waals surface area contributed by atoms with Crippen molar-refractivity contribution in [3.8, 4) is 11.3 Å². The van der Waals surface area contributed by atoms with Gasteiger partial charge in [0.2, 0.25) is 5.95 Å². The fourth-order valence-electron chi connectivity index (χ4n) is 3.71. The number of H-pyrrole nitrogens is 1. The number of pyridine rings is 1. The van der Waals surface area contributed by atoms with E-state index in [-0.39, 0.29) is 12.1 Å². The first kappa shape index (κ1) is 20.1. The van der Waals surface area contributed by atoms with Crippen LogP contribution in [0.5, 0.6) is 0 Å². The first-order chi connectivity index (χ1) is 14.3. The number of anilines is 1. The van der Waals surface area contributed by atoms with E-state index in [9.17, 15) is 4.79 Å². The third kappa shape index (κ3) is 4.37. The van der Waals surface area contributed by atoms with Crippen molar-refractivity contribution < 1.29 is 9.53 Å². The maximum atomic E-state index is 12.4. The van der Waals surface area contributed by atoms with Gasteiger partial charge in [-0.3, -0.25) is 0 Å². The van der Waals surface area contributed by atoms with Gasteiger partial charge in [0.25, 0.3) is 0 Å². The highest BCUT2D eigenvalue weighted by Crippen LogP contribution is 2.29. The molecule has 2 N–H and O–H groups in total. The number of likely N-dealkylation sites (tertiary alicyclic amines) is 1. The third-order valence-corrected chi connectivity index (χ3v) is 5.08. The Kier molecular flexibility index (Phi) is 5.32. The van der Waals surface area contributed by atoms with E-state index in [2.05, 4.69) is 20.3 Å². The molecule has 0 aromatic carbocycles. The maximum absolute atomic E-state index is 12.4. The number of carbonyl (C=O) groups excluding carboxylic acids is 1. The summed E-state index contributed by atoms with van der Waals surface area (Å²) in [5.74, 6) is 0.560. The van der Waals surface area contributed by atoms with E-state index >= 15 is 0 Å². The highest BCUT2D eigenvalue weighted by Gasteiger charge is 2.28. The molecular formula is C22H28N6O2. The van der Waals surface area contributed by atoms with Crippen molar-refractivity contribution in [2.24, 2.45) is 0 Å². The minimum atomic E-state index is -0.499. The van der Waals surface area contributed by atoms with E-state index in [1.165, 1.54) is 0 Å². The zero-order chi connectivity index (χ0) is 21.3. The quantitative estimate of drug-likeness (QED) is 0.676. The molecule has 8 heteroatoms. The molecule has 0 saturated carbocycles. The lowest BCUT2D eigenvalue weighted by atomic mass is 10.1. The van der Waals surface area contributed by atoms with Crippen LogP contribution in [0.15, 0.2) is 30.7 Å². The van der Waals surface area contributed by atoms with Gasteiger partial charge in [0.15, 0.2) is 0 Å². The summed E-state index contributed by atoms with van der Waals surface area (Å²) < 4.78 is 5.52. The molecule has 0 radical (unpaired) electrons. The topological polar surface area (TPSA) is 96.0 Å². The number of fused-ring (bicyclic) bond motifs is 1. The predicted molar refractivity (Wildman–Crippen MR) is 116 cm³/mol. The van der Waals surface area contributed by atoms with Crippen molar-refractivity contribution in [2.45, 2.75) is 52.2 Å². The summed E-state index contributed by atoms with van der Waals surface area (Å²) in [5, 5.41) is 4.44. The molecule has 0 spiro atoms. The van der Waals surface area contributed by atoms with Crippen molar-refractivity contribution in [1.82, 2.24) is 24.8 Å². The molecule has 1 aliphatic rings. The number of hydrogen-bond acceptors (Lipinski definition) is 6. The summed E-state index contributed by atoms with van der Waals surface area (Å²) in [7, 11) is 0.